The minimum absolute atomic E-state index is 0.278. The van der Waals surface area contributed by atoms with Crippen molar-refractivity contribution in [3.8, 4) is 0 Å². The van der Waals surface area contributed by atoms with Gasteiger partial charge in [-0.05, 0) is 42.2 Å². The third-order valence-corrected chi connectivity index (χ3v) is 6.54. The van der Waals surface area contributed by atoms with Crippen LogP contribution in [-0.2, 0) is 4.79 Å². The molecule has 2 aromatic rings. The lowest BCUT2D eigenvalue weighted by Gasteiger charge is -2.47. The Kier molecular flexibility index (Phi) is 5.56. The lowest BCUT2D eigenvalue weighted by atomic mass is 9.77. The molecule has 1 aliphatic heterocycles. The van der Waals surface area contributed by atoms with Gasteiger partial charge >= 0.3 is 5.97 Å². The normalized spacial score (nSPS) is 26.9. The summed E-state index contributed by atoms with van der Waals surface area (Å²) in [5.41, 5.74) is 1.34. The Labute approximate surface area is 178 Å². The maximum atomic E-state index is 13.5. The molecule has 152 valence electrons. The number of amides is 1. The molecule has 1 saturated carbocycles. The van der Waals surface area contributed by atoms with Gasteiger partial charge in [0.15, 0.2) is 0 Å². The lowest BCUT2D eigenvalue weighted by molar-refractivity contribution is -0.141. The molecule has 7 heteroatoms. The predicted molar refractivity (Wildman–Crippen MR) is 110 cm³/mol. The molecular formula is C22H21Cl2NO4. The summed E-state index contributed by atoms with van der Waals surface area (Å²) in [6.07, 6.45) is 2.23. The van der Waals surface area contributed by atoms with E-state index in [2.05, 4.69) is 0 Å². The molecule has 2 N–H and O–H groups in total. The average Bonchev–Trinajstić information content (AvgIpc) is 2.69. The maximum Gasteiger partial charge on any atom is 0.313 e. The zero-order valence-electron chi connectivity index (χ0n) is 15.6. The number of carbonyl (C=O) groups is 2. The van der Waals surface area contributed by atoms with Crippen molar-refractivity contribution < 1.29 is 19.8 Å². The van der Waals surface area contributed by atoms with Crippen LogP contribution in [0.15, 0.2) is 42.5 Å². The van der Waals surface area contributed by atoms with Gasteiger partial charge in [-0.25, -0.2) is 0 Å². The molecule has 29 heavy (non-hydrogen) atoms. The van der Waals surface area contributed by atoms with Crippen LogP contribution < -0.4 is 0 Å². The van der Waals surface area contributed by atoms with Gasteiger partial charge in [-0.1, -0.05) is 60.3 Å². The van der Waals surface area contributed by atoms with Crippen molar-refractivity contribution in [2.75, 3.05) is 0 Å². The maximum absolute atomic E-state index is 13.5. The van der Waals surface area contributed by atoms with E-state index >= 15 is 0 Å². The molecule has 0 bridgehead atoms. The summed E-state index contributed by atoms with van der Waals surface area (Å²) in [7, 11) is 0. The first-order valence-corrected chi connectivity index (χ1v) is 10.4. The Hall–Kier alpha value is -2.08. The average molecular weight is 434 g/mol. The van der Waals surface area contributed by atoms with Crippen molar-refractivity contribution in [2.24, 2.45) is 0 Å². The summed E-state index contributed by atoms with van der Waals surface area (Å²) in [6.45, 7) is 0. The van der Waals surface area contributed by atoms with Gasteiger partial charge in [0.25, 0.3) is 5.91 Å². The summed E-state index contributed by atoms with van der Waals surface area (Å²) < 4.78 is 0. The number of carboxylic acid groups (broad SMARTS) is 1. The van der Waals surface area contributed by atoms with Gasteiger partial charge in [0.1, 0.15) is 5.92 Å². The highest BCUT2D eigenvalue weighted by molar-refractivity contribution is 6.35. The van der Waals surface area contributed by atoms with E-state index in [0.717, 1.165) is 12.8 Å². The van der Waals surface area contributed by atoms with Gasteiger partial charge < -0.3 is 15.1 Å². The Balaban J connectivity index is 1.94. The van der Waals surface area contributed by atoms with Gasteiger partial charge in [-0.2, -0.15) is 0 Å². The number of fused-ring (bicyclic) bond motifs is 1. The standard InChI is InChI=1S/C22H21Cl2NO4/c23-12-9-10-15(16(24)11-12)20-19(22(28)29)13-5-1-2-6-14(13)21(27)25(20)17-7-3-4-8-18(17)26/h1-2,5-6,9-11,17-20,26H,3-4,7-8H2,(H,28,29)/t17-,18-,19-,20+/m1/s1. The zero-order valence-corrected chi connectivity index (χ0v) is 17.1. The highest BCUT2D eigenvalue weighted by Gasteiger charge is 2.48. The molecule has 2 aromatic carbocycles. The Bertz CT molecular complexity index is 964. The summed E-state index contributed by atoms with van der Waals surface area (Å²) >= 11 is 12.5. The minimum Gasteiger partial charge on any atom is -0.481 e. The van der Waals surface area contributed by atoms with Crippen molar-refractivity contribution in [2.45, 2.75) is 49.8 Å². The van der Waals surface area contributed by atoms with E-state index in [4.69, 9.17) is 23.2 Å². The number of nitrogens with zero attached hydrogens (tertiary/aromatic N) is 1. The number of carbonyl (C=O) groups excluding carboxylic acids is 1. The van der Waals surface area contributed by atoms with Crippen molar-refractivity contribution in [1.82, 2.24) is 4.90 Å². The molecule has 1 fully saturated rings. The van der Waals surface area contributed by atoms with Crippen LogP contribution in [-0.4, -0.2) is 39.1 Å². The Morgan fingerprint density at radius 1 is 1.03 bits per heavy atom. The van der Waals surface area contributed by atoms with Gasteiger partial charge in [0, 0.05) is 15.6 Å². The monoisotopic (exact) mass is 433 g/mol. The third kappa shape index (κ3) is 3.52. The second kappa shape index (κ2) is 7.98. The van der Waals surface area contributed by atoms with E-state index in [1.807, 2.05) is 0 Å². The van der Waals surface area contributed by atoms with Crippen LogP contribution >= 0.6 is 23.2 Å². The number of halogens is 2. The fourth-order valence-corrected chi connectivity index (χ4v) is 5.19. The van der Waals surface area contributed by atoms with E-state index in [-0.39, 0.29) is 5.91 Å². The van der Waals surface area contributed by atoms with Crippen LogP contribution in [0, 0.1) is 0 Å². The number of rotatable bonds is 3. The van der Waals surface area contributed by atoms with Crippen molar-refractivity contribution in [3.05, 3.63) is 69.2 Å². The molecule has 4 rings (SSSR count). The van der Waals surface area contributed by atoms with E-state index in [9.17, 15) is 19.8 Å². The van der Waals surface area contributed by atoms with Crippen LogP contribution in [0.25, 0.3) is 0 Å². The van der Waals surface area contributed by atoms with E-state index < -0.39 is 30.1 Å². The van der Waals surface area contributed by atoms with Crippen molar-refractivity contribution in [1.29, 1.82) is 0 Å². The van der Waals surface area contributed by atoms with Crippen LogP contribution in [0.4, 0.5) is 0 Å². The van der Waals surface area contributed by atoms with E-state index in [1.54, 1.807) is 47.4 Å². The number of aliphatic hydroxyl groups excluding tert-OH is 1. The SMILES string of the molecule is O=C(O)[C@@H]1c2ccccc2C(=O)N([C@@H]2CCCC[C@H]2O)[C@H]1c1ccc(Cl)cc1Cl. The molecule has 4 atom stereocenters. The van der Waals surface area contributed by atoms with Crippen LogP contribution in [0.2, 0.25) is 10.0 Å². The minimum atomic E-state index is -1.05. The molecule has 0 aromatic heterocycles. The molecule has 1 aliphatic carbocycles. The molecule has 5 nitrogen and oxygen atoms in total. The van der Waals surface area contributed by atoms with Gasteiger partial charge in [0.05, 0.1) is 18.2 Å². The highest BCUT2D eigenvalue weighted by atomic mass is 35.5. The van der Waals surface area contributed by atoms with Crippen molar-refractivity contribution >= 4 is 35.1 Å². The zero-order chi connectivity index (χ0) is 20.7. The van der Waals surface area contributed by atoms with Crippen LogP contribution in [0.5, 0.6) is 0 Å². The summed E-state index contributed by atoms with van der Waals surface area (Å²) in [5, 5.41) is 21.6. The first kappa shape index (κ1) is 20.2. The van der Waals surface area contributed by atoms with Crippen LogP contribution in [0.1, 0.15) is 59.1 Å². The first-order valence-electron chi connectivity index (χ1n) is 9.67. The smallest absolute Gasteiger partial charge is 0.313 e. The molecule has 0 radical (unpaired) electrons. The quantitative estimate of drug-likeness (QED) is 0.737. The number of hydrogen-bond acceptors (Lipinski definition) is 3. The van der Waals surface area contributed by atoms with Crippen molar-refractivity contribution in [3.63, 3.8) is 0 Å². The second-order valence-electron chi connectivity index (χ2n) is 7.65. The summed E-state index contributed by atoms with van der Waals surface area (Å²) in [4.78, 5) is 27.5. The molecule has 2 aliphatic rings. The Morgan fingerprint density at radius 2 is 1.76 bits per heavy atom. The van der Waals surface area contributed by atoms with Crippen LogP contribution in [0.3, 0.4) is 0 Å². The number of aliphatic hydroxyl groups is 1. The fourth-order valence-electron chi connectivity index (χ4n) is 4.67. The topological polar surface area (TPSA) is 77.8 Å². The van der Waals surface area contributed by atoms with Gasteiger partial charge in [0.2, 0.25) is 0 Å². The number of hydrogen-bond donors (Lipinski definition) is 2. The molecule has 0 spiro atoms. The number of carboxylic acids is 1. The van der Waals surface area contributed by atoms with Gasteiger partial charge in [-0.15, -0.1) is 0 Å². The third-order valence-electron chi connectivity index (χ3n) is 5.97. The predicted octanol–water partition coefficient (Wildman–Crippen LogP) is 4.66. The molecular weight excluding hydrogens is 413 g/mol. The largest absolute Gasteiger partial charge is 0.481 e. The lowest BCUT2D eigenvalue weighted by Crippen LogP contribution is -2.54. The Morgan fingerprint density at radius 3 is 2.45 bits per heavy atom. The molecule has 1 amide bonds. The van der Waals surface area contributed by atoms with E-state index in [0.29, 0.717) is 39.6 Å². The number of benzene rings is 2. The molecule has 0 saturated heterocycles. The second-order valence-corrected chi connectivity index (χ2v) is 8.49. The molecule has 0 unspecified atom stereocenters. The number of aliphatic carboxylic acids is 1. The highest BCUT2D eigenvalue weighted by Crippen LogP contribution is 2.47. The summed E-state index contributed by atoms with van der Waals surface area (Å²) in [5.74, 6) is -2.33. The molecule has 1 heterocycles. The summed E-state index contributed by atoms with van der Waals surface area (Å²) in [6, 6.07) is 10.3. The first-order chi connectivity index (χ1) is 13.9. The van der Waals surface area contributed by atoms with Gasteiger partial charge in [-0.3, -0.25) is 9.59 Å². The van der Waals surface area contributed by atoms with E-state index in [1.165, 1.54) is 0 Å². The fraction of sp³-hybridized carbons (Fsp3) is 0.364.